The summed E-state index contributed by atoms with van der Waals surface area (Å²) in [4.78, 5) is 39.5. The highest BCUT2D eigenvalue weighted by Gasteiger charge is 2.37. The predicted molar refractivity (Wildman–Crippen MR) is 133 cm³/mol. The summed E-state index contributed by atoms with van der Waals surface area (Å²) in [5, 5.41) is 14.3. The van der Waals surface area contributed by atoms with E-state index in [1.807, 2.05) is 30.3 Å². The second-order valence-corrected chi connectivity index (χ2v) is 10.8. The number of nitrogens with two attached hydrogens (primary N) is 2. The Morgan fingerprint density at radius 2 is 1.80 bits per heavy atom. The van der Waals surface area contributed by atoms with Gasteiger partial charge in [0.1, 0.15) is 10.9 Å². The fraction of sp³-hybridized carbons (Fsp3) is 0.300. The minimum Gasteiger partial charge on any atom is -0.329 e. The first-order valence-corrected chi connectivity index (χ1v) is 13.3. The molecule has 0 bridgehead atoms. The molecule has 0 spiro atoms. The van der Waals surface area contributed by atoms with E-state index in [4.69, 9.17) is 39.5 Å². The Morgan fingerprint density at radius 1 is 1.17 bits per heavy atom. The molecule has 0 aliphatic carbocycles. The number of rotatable bonds is 7. The van der Waals surface area contributed by atoms with Gasteiger partial charge in [-0.1, -0.05) is 53.5 Å². The second kappa shape index (κ2) is 11.0. The number of likely N-dealkylation sites (tertiary alicyclic amines) is 1. The van der Waals surface area contributed by atoms with Gasteiger partial charge < -0.3 is 10.6 Å². The largest absolute Gasteiger partial charge is 0.329 e. The Bertz CT molecular complexity index is 1270. The van der Waals surface area contributed by atoms with Crippen molar-refractivity contribution in [2.75, 3.05) is 6.54 Å². The van der Waals surface area contributed by atoms with Crippen molar-refractivity contribution in [2.24, 2.45) is 10.9 Å². The summed E-state index contributed by atoms with van der Waals surface area (Å²) in [5.41, 5.74) is 6.98. The zero-order valence-corrected chi connectivity index (χ0v) is 21.2. The second-order valence-electron chi connectivity index (χ2n) is 7.71. The third-order valence-corrected chi connectivity index (χ3v) is 7.94. The number of thiophene rings is 1. The summed E-state index contributed by atoms with van der Waals surface area (Å²) >= 11 is 12.7. The molecular weight excluding hydrogens is 539 g/mol. The van der Waals surface area contributed by atoms with Crippen molar-refractivity contribution in [1.29, 1.82) is 5.41 Å². The van der Waals surface area contributed by atoms with Gasteiger partial charge >= 0.3 is 0 Å². The fourth-order valence-electron chi connectivity index (χ4n) is 3.61. The monoisotopic (exact) mass is 560 g/mol. The average Bonchev–Trinajstić information content (AvgIpc) is 3.38. The third kappa shape index (κ3) is 6.57. The third-order valence-electron chi connectivity index (χ3n) is 5.16. The Kier molecular flexibility index (Phi) is 8.51. The van der Waals surface area contributed by atoms with E-state index in [1.54, 1.807) is 4.72 Å². The van der Waals surface area contributed by atoms with E-state index in [9.17, 15) is 22.8 Å². The Morgan fingerprint density at radius 3 is 2.43 bits per heavy atom. The number of amidine groups is 1. The molecule has 188 valence electrons. The van der Waals surface area contributed by atoms with E-state index >= 15 is 0 Å². The van der Waals surface area contributed by atoms with Crippen LogP contribution in [0.2, 0.25) is 10.0 Å². The van der Waals surface area contributed by atoms with Crippen LogP contribution in [0.3, 0.4) is 0 Å². The molecule has 0 unspecified atom stereocenters. The molecule has 1 aromatic heterocycles. The van der Waals surface area contributed by atoms with Crippen LogP contribution in [-0.2, 0) is 26.2 Å². The summed E-state index contributed by atoms with van der Waals surface area (Å²) in [6.45, 7) is 0.319. The number of carbonyl (C=O) groups excluding carboxylic acids is 3. The number of hydrogen-bond acceptors (Lipinski definition) is 8. The SMILES string of the molecule is N=C(NS(N)(=O)=O)c1sc(C(=O)NC(=O)[C@@H]2CCCN2C(=O)[C@@H](N)Cc2ccccc2)c(Cl)c1Cl. The van der Waals surface area contributed by atoms with Gasteiger partial charge in [-0.25, -0.2) is 5.14 Å². The fourth-order valence-corrected chi connectivity index (χ4v) is 5.66. The lowest BCUT2D eigenvalue weighted by Crippen LogP contribution is -2.52. The quantitative estimate of drug-likeness (QED) is 0.190. The molecule has 0 saturated carbocycles. The molecule has 2 aromatic rings. The molecular formula is C20H22Cl2N6O5S2. The van der Waals surface area contributed by atoms with Crippen LogP contribution in [0.5, 0.6) is 0 Å². The first-order chi connectivity index (χ1) is 16.4. The molecule has 1 saturated heterocycles. The predicted octanol–water partition coefficient (Wildman–Crippen LogP) is 0.991. The van der Waals surface area contributed by atoms with E-state index in [0.717, 1.165) is 5.56 Å². The lowest BCUT2D eigenvalue weighted by molar-refractivity contribution is -0.139. The van der Waals surface area contributed by atoms with Gasteiger partial charge in [-0.05, 0) is 24.8 Å². The molecule has 1 fully saturated rings. The maximum atomic E-state index is 12.9. The molecule has 15 heteroatoms. The molecule has 7 N–H and O–H groups in total. The van der Waals surface area contributed by atoms with Crippen molar-refractivity contribution < 1.29 is 22.8 Å². The van der Waals surface area contributed by atoms with Crippen LogP contribution in [0.25, 0.3) is 0 Å². The van der Waals surface area contributed by atoms with Crippen LogP contribution in [-0.4, -0.2) is 55.5 Å². The highest BCUT2D eigenvalue weighted by atomic mass is 35.5. The van der Waals surface area contributed by atoms with Gasteiger partial charge in [0.05, 0.1) is 21.0 Å². The zero-order chi connectivity index (χ0) is 25.9. The summed E-state index contributed by atoms with van der Waals surface area (Å²) in [6.07, 6.45) is 1.20. The van der Waals surface area contributed by atoms with Crippen LogP contribution in [0, 0.1) is 5.41 Å². The van der Waals surface area contributed by atoms with Gasteiger partial charge in [-0.15, -0.1) is 11.3 Å². The van der Waals surface area contributed by atoms with E-state index in [2.05, 4.69) is 5.32 Å². The highest BCUT2D eigenvalue weighted by Crippen LogP contribution is 2.37. The van der Waals surface area contributed by atoms with Crippen molar-refractivity contribution in [3.8, 4) is 0 Å². The number of amides is 3. The number of carbonyl (C=O) groups is 3. The van der Waals surface area contributed by atoms with Crippen LogP contribution >= 0.6 is 34.5 Å². The van der Waals surface area contributed by atoms with Crippen molar-refractivity contribution in [2.45, 2.75) is 31.3 Å². The summed E-state index contributed by atoms with van der Waals surface area (Å²) in [5.74, 6) is -2.71. The van der Waals surface area contributed by atoms with Crippen LogP contribution in [0.4, 0.5) is 0 Å². The minimum absolute atomic E-state index is 0.159. The molecule has 1 aromatic carbocycles. The molecule has 0 radical (unpaired) electrons. The molecule has 1 aliphatic rings. The van der Waals surface area contributed by atoms with Gasteiger partial charge in [-0.3, -0.25) is 29.8 Å². The van der Waals surface area contributed by atoms with Crippen molar-refractivity contribution >= 4 is 68.3 Å². The van der Waals surface area contributed by atoms with Crippen LogP contribution in [0.15, 0.2) is 30.3 Å². The van der Waals surface area contributed by atoms with Crippen molar-refractivity contribution in [3.63, 3.8) is 0 Å². The van der Waals surface area contributed by atoms with Gasteiger partial charge in [-0.2, -0.15) is 8.42 Å². The summed E-state index contributed by atoms with van der Waals surface area (Å²) in [7, 11) is -4.26. The van der Waals surface area contributed by atoms with Gasteiger partial charge in [0, 0.05) is 6.54 Å². The van der Waals surface area contributed by atoms with Gasteiger partial charge in [0.2, 0.25) is 11.8 Å². The number of benzene rings is 1. The maximum Gasteiger partial charge on any atom is 0.297 e. The number of hydrogen-bond donors (Lipinski definition) is 5. The van der Waals surface area contributed by atoms with E-state index in [1.165, 1.54) is 4.90 Å². The minimum atomic E-state index is -4.26. The number of nitrogens with zero attached hydrogens (tertiary/aromatic N) is 1. The standard InChI is InChI=1S/C20H22Cl2N6O5S2/c21-13-14(22)16(34-15(13)17(24)27-35(25,32)33)19(30)26-18(29)12-7-4-8-28(12)20(31)11(23)9-10-5-2-1-3-6-10/h1-3,5-6,11-12H,4,7-9,23H2,(H2,24,27)(H2,25,32,33)(H,26,29,30)/t11-,12-/m0/s1. The highest BCUT2D eigenvalue weighted by molar-refractivity contribution is 7.87. The Balaban J connectivity index is 1.70. The van der Waals surface area contributed by atoms with E-state index in [0.29, 0.717) is 37.1 Å². The number of nitrogens with one attached hydrogen (secondary N) is 3. The summed E-state index contributed by atoms with van der Waals surface area (Å²) < 4.78 is 24.1. The normalized spacial score (nSPS) is 16.6. The van der Waals surface area contributed by atoms with E-state index in [-0.39, 0.29) is 19.8 Å². The van der Waals surface area contributed by atoms with Crippen LogP contribution < -0.4 is 20.9 Å². The lowest BCUT2D eigenvalue weighted by Gasteiger charge is -2.26. The Hall–Kier alpha value is -2.55. The smallest absolute Gasteiger partial charge is 0.297 e. The zero-order valence-electron chi connectivity index (χ0n) is 18.1. The molecule has 11 nitrogen and oxygen atoms in total. The van der Waals surface area contributed by atoms with Crippen molar-refractivity contribution in [3.05, 3.63) is 55.7 Å². The Labute approximate surface area is 215 Å². The van der Waals surface area contributed by atoms with E-state index < -0.39 is 45.9 Å². The lowest BCUT2D eigenvalue weighted by atomic mass is 10.1. The molecule has 3 rings (SSSR count). The number of imide groups is 1. The average molecular weight is 561 g/mol. The number of halogens is 2. The summed E-state index contributed by atoms with van der Waals surface area (Å²) in [6, 6.07) is 7.47. The molecule has 2 heterocycles. The molecule has 35 heavy (non-hydrogen) atoms. The molecule has 3 amide bonds. The van der Waals surface area contributed by atoms with Gasteiger partial charge in [0.15, 0.2) is 5.84 Å². The first-order valence-electron chi connectivity index (χ1n) is 10.2. The first kappa shape index (κ1) is 27.0. The maximum absolute atomic E-state index is 12.9. The molecule has 1 aliphatic heterocycles. The van der Waals surface area contributed by atoms with Gasteiger partial charge in [0.25, 0.3) is 16.1 Å². The molecule has 2 atom stereocenters. The topological polar surface area (TPSA) is 189 Å². The van der Waals surface area contributed by atoms with Crippen LogP contribution in [0.1, 0.15) is 33.0 Å². The van der Waals surface area contributed by atoms with Crippen molar-refractivity contribution in [1.82, 2.24) is 14.9 Å².